The molecule has 0 saturated carbocycles. The van der Waals surface area contributed by atoms with Gasteiger partial charge in [0.1, 0.15) is 17.3 Å². The van der Waals surface area contributed by atoms with Gasteiger partial charge in [-0.3, -0.25) is 4.79 Å². The lowest BCUT2D eigenvalue weighted by Gasteiger charge is -2.37. The molecule has 2 heterocycles. The maximum atomic E-state index is 14.1. The second kappa shape index (κ2) is 11.8. The van der Waals surface area contributed by atoms with E-state index in [1.807, 2.05) is 29.8 Å². The molecule has 0 aliphatic rings. The first kappa shape index (κ1) is 29.9. The lowest BCUT2D eigenvalue weighted by Crippen LogP contribution is -2.43. The van der Waals surface area contributed by atoms with Gasteiger partial charge in [0.2, 0.25) is 0 Å². The van der Waals surface area contributed by atoms with Crippen molar-refractivity contribution in [2.24, 2.45) is 10.9 Å². The Hall–Kier alpha value is -4.02. The van der Waals surface area contributed by atoms with Crippen molar-refractivity contribution in [1.82, 2.24) is 14.1 Å². The van der Waals surface area contributed by atoms with E-state index in [0.29, 0.717) is 22.6 Å². The standard InChI is InChI=1S/C31H38FN5O3Si/c1-21-18-36(20-34-21)26-15-12-23(17-28(26)39-5)29(35-33)25-9-8-16-37(30(25)38)27(22-10-13-24(32)14-11-22)19-40-41(6,7)31(2,3)4/h8-18,20,27H,19,33H2,1-7H3/b35-29-. The third-order valence-corrected chi connectivity index (χ3v) is 12.3. The van der Waals surface area contributed by atoms with Crippen LogP contribution >= 0.6 is 0 Å². The number of hydrogen-bond donors (Lipinski definition) is 1. The van der Waals surface area contributed by atoms with Gasteiger partial charge in [-0.1, -0.05) is 39.0 Å². The molecule has 0 radical (unpaired) electrons. The molecule has 1 atom stereocenters. The zero-order valence-corrected chi connectivity index (χ0v) is 25.7. The Morgan fingerprint density at radius 1 is 1.15 bits per heavy atom. The molecule has 1 unspecified atom stereocenters. The maximum absolute atomic E-state index is 14.1. The Labute approximate surface area is 241 Å². The fourth-order valence-electron chi connectivity index (χ4n) is 4.35. The topological polar surface area (TPSA) is 96.7 Å². The molecule has 0 fully saturated rings. The molecule has 4 rings (SSSR count). The number of hydrazone groups is 1. The summed E-state index contributed by atoms with van der Waals surface area (Å²) < 4.78 is 29.5. The zero-order chi connectivity index (χ0) is 29.9. The number of nitrogens with zero attached hydrogens (tertiary/aromatic N) is 4. The average Bonchev–Trinajstić information content (AvgIpc) is 3.36. The van der Waals surface area contributed by atoms with Crippen molar-refractivity contribution in [1.29, 1.82) is 0 Å². The van der Waals surface area contributed by atoms with Crippen LogP contribution in [0.3, 0.4) is 0 Å². The van der Waals surface area contributed by atoms with E-state index in [4.69, 9.17) is 15.0 Å². The molecule has 216 valence electrons. The summed E-state index contributed by atoms with van der Waals surface area (Å²) in [6.45, 7) is 13.0. The minimum atomic E-state index is -2.15. The monoisotopic (exact) mass is 575 g/mol. The highest BCUT2D eigenvalue weighted by atomic mass is 28.4. The molecule has 0 saturated heterocycles. The summed E-state index contributed by atoms with van der Waals surface area (Å²) in [6, 6.07) is 14.7. The number of aryl methyl sites for hydroxylation is 1. The van der Waals surface area contributed by atoms with Crippen LogP contribution in [-0.2, 0) is 4.43 Å². The van der Waals surface area contributed by atoms with Crippen LogP contribution in [0.1, 0.15) is 49.2 Å². The molecule has 2 aromatic carbocycles. The smallest absolute Gasteiger partial charge is 0.260 e. The minimum Gasteiger partial charge on any atom is -0.495 e. The lowest BCUT2D eigenvalue weighted by atomic mass is 10.0. The zero-order valence-electron chi connectivity index (χ0n) is 24.7. The largest absolute Gasteiger partial charge is 0.495 e. The van der Waals surface area contributed by atoms with Gasteiger partial charge in [-0.2, -0.15) is 5.10 Å². The Kier molecular flexibility index (Phi) is 8.65. The molecular weight excluding hydrogens is 537 g/mol. The van der Waals surface area contributed by atoms with E-state index in [-0.39, 0.29) is 23.0 Å². The van der Waals surface area contributed by atoms with Gasteiger partial charge >= 0.3 is 0 Å². The molecule has 0 aliphatic heterocycles. The predicted octanol–water partition coefficient (Wildman–Crippen LogP) is 5.81. The van der Waals surface area contributed by atoms with Crippen LogP contribution in [0.15, 0.2) is 83.2 Å². The molecule has 0 amide bonds. The lowest BCUT2D eigenvalue weighted by molar-refractivity contribution is 0.246. The molecule has 8 nitrogen and oxygen atoms in total. The molecule has 4 aromatic rings. The Morgan fingerprint density at radius 3 is 2.44 bits per heavy atom. The molecule has 10 heteroatoms. The molecular formula is C31H38FN5O3Si. The van der Waals surface area contributed by atoms with E-state index in [1.165, 1.54) is 12.1 Å². The van der Waals surface area contributed by atoms with Crippen molar-refractivity contribution in [3.05, 3.63) is 112 Å². The van der Waals surface area contributed by atoms with Gasteiger partial charge in [0, 0.05) is 18.0 Å². The van der Waals surface area contributed by atoms with E-state index in [0.717, 1.165) is 16.9 Å². The molecule has 0 aliphatic carbocycles. The average molecular weight is 576 g/mol. The van der Waals surface area contributed by atoms with Gasteiger partial charge < -0.3 is 24.1 Å². The summed E-state index contributed by atoms with van der Waals surface area (Å²) in [6.07, 6.45) is 5.32. The third kappa shape index (κ3) is 6.33. The number of ether oxygens (including phenoxy) is 1. The predicted molar refractivity (Wildman–Crippen MR) is 163 cm³/mol. The summed E-state index contributed by atoms with van der Waals surface area (Å²) in [7, 11) is -0.573. The van der Waals surface area contributed by atoms with E-state index in [1.54, 1.807) is 54.5 Å². The molecule has 41 heavy (non-hydrogen) atoms. The van der Waals surface area contributed by atoms with Gasteiger partial charge in [0.15, 0.2) is 8.32 Å². The molecule has 0 bridgehead atoms. The number of hydrogen-bond acceptors (Lipinski definition) is 6. The molecule has 2 aromatic heterocycles. The maximum Gasteiger partial charge on any atom is 0.260 e. The van der Waals surface area contributed by atoms with Gasteiger partial charge in [-0.15, -0.1) is 0 Å². The van der Waals surface area contributed by atoms with Crippen LogP contribution in [-0.4, -0.2) is 41.9 Å². The first-order chi connectivity index (χ1) is 19.4. The first-order valence-corrected chi connectivity index (χ1v) is 16.4. The highest BCUT2D eigenvalue weighted by Gasteiger charge is 2.38. The van der Waals surface area contributed by atoms with Gasteiger partial charge in [-0.05, 0) is 67.0 Å². The number of benzene rings is 2. The van der Waals surface area contributed by atoms with Crippen molar-refractivity contribution in [2.45, 2.75) is 51.9 Å². The van der Waals surface area contributed by atoms with Crippen LogP contribution in [0, 0.1) is 12.7 Å². The highest BCUT2D eigenvalue weighted by molar-refractivity contribution is 6.74. The highest BCUT2D eigenvalue weighted by Crippen LogP contribution is 2.37. The number of methoxy groups -OCH3 is 1. The van der Waals surface area contributed by atoms with Crippen molar-refractivity contribution in [2.75, 3.05) is 13.7 Å². The van der Waals surface area contributed by atoms with Gasteiger partial charge in [0.05, 0.1) is 43.0 Å². The van der Waals surface area contributed by atoms with Crippen molar-refractivity contribution in [3.63, 3.8) is 0 Å². The Bertz CT molecular complexity index is 1600. The van der Waals surface area contributed by atoms with E-state index >= 15 is 0 Å². The minimum absolute atomic E-state index is 0.0207. The van der Waals surface area contributed by atoms with E-state index < -0.39 is 14.4 Å². The summed E-state index contributed by atoms with van der Waals surface area (Å²) in [5, 5.41) is 4.01. The van der Waals surface area contributed by atoms with Crippen LogP contribution in [0.2, 0.25) is 18.1 Å². The van der Waals surface area contributed by atoms with E-state index in [2.05, 4.69) is 44.0 Å². The quantitative estimate of drug-likeness (QED) is 0.118. The number of rotatable bonds is 9. The van der Waals surface area contributed by atoms with Crippen molar-refractivity contribution in [3.8, 4) is 11.4 Å². The van der Waals surface area contributed by atoms with Crippen molar-refractivity contribution >= 4 is 14.0 Å². The van der Waals surface area contributed by atoms with Crippen LogP contribution in [0.5, 0.6) is 5.75 Å². The summed E-state index contributed by atoms with van der Waals surface area (Å²) in [4.78, 5) is 18.3. The van der Waals surface area contributed by atoms with E-state index in [9.17, 15) is 9.18 Å². The van der Waals surface area contributed by atoms with Crippen LogP contribution in [0.25, 0.3) is 5.69 Å². The molecule has 0 spiro atoms. The second-order valence-corrected chi connectivity index (χ2v) is 16.4. The third-order valence-electron chi connectivity index (χ3n) is 7.80. The summed E-state index contributed by atoms with van der Waals surface area (Å²) >= 11 is 0. The fourth-order valence-corrected chi connectivity index (χ4v) is 5.36. The SMILES string of the molecule is COc1cc(/C(=N/N)c2cccn(C(CO[Si](C)(C)C(C)(C)C)c3ccc(F)cc3)c2=O)ccc1-n1cnc(C)c1. The number of imidazole rings is 1. The normalized spacial score (nSPS) is 13.3. The second-order valence-electron chi connectivity index (χ2n) is 11.6. The Balaban J connectivity index is 1.77. The van der Waals surface area contributed by atoms with Gasteiger partial charge in [0.25, 0.3) is 5.56 Å². The number of pyridine rings is 1. The van der Waals surface area contributed by atoms with Crippen LogP contribution in [0.4, 0.5) is 4.39 Å². The summed E-state index contributed by atoms with van der Waals surface area (Å²) in [5.41, 5.74) is 3.39. The number of aromatic nitrogens is 3. The fraction of sp³-hybridized carbons (Fsp3) is 0.323. The number of halogens is 1. The Morgan fingerprint density at radius 2 is 1.85 bits per heavy atom. The number of nitrogens with two attached hydrogens (primary N) is 1. The van der Waals surface area contributed by atoms with Crippen LogP contribution < -0.4 is 16.1 Å². The van der Waals surface area contributed by atoms with Gasteiger partial charge in [-0.25, -0.2) is 9.37 Å². The van der Waals surface area contributed by atoms with Crippen molar-refractivity contribution < 1.29 is 13.6 Å². The molecule has 2 N–H and O–H groups in total. The first-order valence-electron chi connectivity index (χ1n) is 13.4. The summed E-state index contributed by atoms with van der Waals surface area (Å²) in [5.74, 6) is 6.12.